The molecule has 6 nitrogen and oxygen atoms in total. The van der Waals surface area contributed by atoms with E-state index < -0.39 is 17.5 Å². The summed E-state index contributed by atoms with van der Waals surface area (Å²) in [6.45, 7) is 3.40. The number of benzene rings is 1. The van der Waals surface area contributed by atoms with Gasteiger partial charge in [-0.1, -0.05) is 36.9 Å². The van der Waals surface area contributed by atoms with E-state index >= 15 is 0 Å². The molecular formula is C13H14N2O4. The van der Waals surface area contributed by atoms with Gasteiger partial charge in [0.2, 0.25) is 5.72 Å². The summed E-state index contributed by atoms with van der Waals surface area (Å²) in [4.78, 5) is 28.6. The standard InChI is InChI=1S/C13H14N2O4/c1-9-11(16)15(19-2)13(18,12(17)14-9)8-10-6-4-3-5-7-10/h3-7,18H,1,8H2,2H3,(H,14,17)/t13-/m0/s1. The van der Waals surface area contributed by atoms with Crippen molar-refractivity contribution in [1.29, 1.82) is 0 Å². The molecule has 19 heavy (non-hydrogen) atoms. The van der Waals surface area contributed by atoms with Crippen molar-refractivity contribution >= 4 is 11.8 Å². The third kappa shape index (κ3) is 2.23. The van der Waals surface area contributed by atoms with Crippen molar-refractivity contribution in [2.45, 2.75) is 12.1 Å². The smallest absolute Gasteiger partial charge is 0.296 e. The Labute approximate surface area is 110 Å². The normalized spacial score (nSPS) is 23.5. The van der Waals surface area contributed by atoms with Gasteiger partial charge < -0.3 is 10.4 Å². The fourth-order valence-corrected chi connectivity index (χ4v) is 1.94. The summed E-state index contributed by atoms with van der Waals surface area (Å²) in [6.07, 6.45) is -0.0769. The molecule has 1 fully saturated rings. The van der Waals surface area contributed by atoms with E-state index in [2.05, 4.69) is 11.9 Å². The Bertz CT molecular complexity index is 529. The summed E-state index contributed by atoms with van der Waals surface area (Å²) in [6, 6.07) is 8.85. The molecule has 2 rings (SSSR count). The van der Waals surface area contributed by atoms with E-state index in [-0.39, 0.29) is 12.1 Å². The number of nitrogens with one attached hydrogen (secondary N) is 1. The third-order valence-corrected chi connectivity index (χ3v) is 2.88. The number of carbonyl (C=O) groups excluding carboxylic acids is 2. The molecule has 0 spiro atoms. The van der Waals surface area contributed by atoms with Crippen LogP contribution < -0.4 is 5.32 Å². The SMILES string of the molecule is C=C1NC(=O)[C@@](O)(Cc2ccccc2)N(OC)C1=O. The highest BCUT2D eigenvalue weighted by Crippen LogP contribution is 2.24. The van der Waals surface area contributed by atoms with Crippen molar-refractivity contribution in [3.05, 3.63) is 48.2 Å². The largest absolute Gasteiger partial charge is 0.361 e. The van der Waals surface area contributed by atoms with Crippen LogP contribution in [-0.4, -0.2) is 34.8 Å². The molecule has 0 bridgehead atoms. The first-order valence-corrected chi connectivity index (χ1v) is 5.64. The molecule has 1 aromatic carbocycles. The Morgan fingerprint density at radius 3 is 2.58 bits per heavy atom. The molecule has 0 aliphatic carbocycles. The highest BCUT2D eigenvalue weighted by Gasteiger charge is 2.50. The van der Waals surface area contributed by atoms with Gasteiger partial charge in [-0.3, -0.25) is 14.4 Å². The van der Waals surface area contributed by atoms with E-state index in [1.807, 2.05) is 6.07 Å². The van der Waals surface area contributed by atoms with Crippen LogP contribution in [0.2, 0.25) is 0 Å². The van der Waals surface area contributed by atoms with Crippen LogP contribution in [0.3, 0.4) is 0 Å². The van der Waals surface area contributed by atoms with Crippen LogP contribution in [0.1, 0.15) is 5.56 Å². The molecule has 0 radical (unpaired) electrons. The number of hydroxylamine groups is 2. The summed E-state index contributed by atoms with van der Waals surface area (Å²) < 4.78 is 0. The summed E-state index contributed by atoms with van der Waals surface area (Å²) in [5.41, 5.74) is -1.53. The molecule has 2 N–H and O–H groups in total. The first-order valence-electron chi connectivity index (χ1n) is 5.64. The van der Waals surface area contributed by atoms with Gasteiger partial charge in [-0.15, -0.1) is 0 Å². The molecular weight excluding hydrogens is 248 g/mol. The van der Waals surface area contributed by atoms with E-state index in [9.17, 15) is 14.7 Å². The zero-order chi connectivity index (χ0) is 14.0. The van der Waals surface area contributed by atoms with Crippen LogP contribution >= 0.6 is 0 Å². The van der Waals surface area contributed by atoms with Crippen LogP contribution in [0.4, 0.5) is 0 Å². The van der Waals surface area contributed by atoms with Crippen LogP contribution in [0.5, 0.6) is 0 Å². The van der Waals surface area contributed by atoms with Crippen LogP contribution in [0.25, 0.3) is 0 Å². The topological polar surface area (TPSA) is 78.9 Å². The van der Waals surface area contributed by atoms with Crippen molar-refractivity contribution in [1.82, 2.24) is 10.4 Å². The maximum absolute atomic E-state index is 11.9. The number of hydrogen-bond donors (Lipinski definition) is 2. The van der Waals surface area contributed by atoms with Crippen LogP contribution in [0, 0.1) is 0 Å². The Balaban J connectivity index is 2.35. The lowest BCUT2D eigenvalue weighted by Gasteiger charge is -2.40. The number of hydrogen-bond acceptors (Lipinski definition) is 4. The molecule has 1 aliphatic heterocycles. The van der Waals surface area contributed by atoms with Crippen molar-refractivity contribution in [3.8, 4) is 0 Å². The maximum atomic E-state index is 11.9. The average Bonchev–Trinajstić information content (AvgIpc) is 2.38. The summed E-state index contributed by atoms with van der Waals surface area (Å²) in [5.74, 6) is -1.43. The molecule has 0 aromatic heterocycles. The Morgan fingerprint density at radius 1 is 1.37 bits per heavy atom. The lowest BCUT2D eigenvalue weighted by atomic mass is 9.99. The average molecular weight is 262 g/mol. The third-order valence-electron chi connectivity index (χ3n) is 2.88. The zero-order valence-electron chi connectivity index (χ0n) is 10.4. The minimum atomic E-state index is -2.09. The number of carbonyl (C=O) groups is 2. The van der Waals surface area contributed by atoms with Gasteiger partial charge in [-0.2, -0.15) is 5.06 Å². The van der Waals surface area contributed by atoms with Crippen molar-refractivity contribution < 1.29 is 19.5 Å². The van der Waals surface area contributed by atoms with Gasteiger partial charge in [0.15, 0.2) is 0 Å². The highest BCUT2D eigenvalue weighted by atomic mass is 16.7. The van der Waals surface area contributed by atoms with Gasteiger partial charge in [-0.25, -0.2) is 0 Å². The second-order valence-corrected chi connectivity index (χ2v) is 4.19. The molecule has 1 saturated heterocycles. The molecule has 0 unspecified atom stereocenters. The lowest BCUT2D eigenvalue weighted by molar-refractivity contribution is -0.260. The maximum Gasteiger partial charge on any atom is 0.296 e. The molecule has 1 heterocycles. The molecule has 100 valence electrons. The van der Waals surface area contributed by atoms with E-state index in [1.54, 1.807) is 24.3 Å². The molecule has 1 aromatic rings. The van der Waals surface area contributed by atoms with Gasteiger partial charge in [-0.05, 0) is 5.56 Å². The first kappa shape index (κ1) is 13.3. The number of aliphatic hydroxyl groups is 1. The molecule has 1 aliphatic rings. The van der Waals surface area contributed by atoms with Gasteiger partial charge in [0.1, 0.15) is 5.70 Å². The monoisotopic (exact) mass is 262 g/mol. The fraction of sp³-hybridized carbons (Fsp3) is 0.231. The van der Waals surface area contributed by atoms with Gasteiger partial charge in [0.25, 0.3) is 11.8 Å². The number of nitrogens with zero attached hydrogens (tertiary/aromatic N) is 1. The summed E-state index contributed by atoms with van der Waals surface area (Å²) in [7, 11) is 1.21. The second kappa shape index (κ2) is 4.83. The zero-order valence-corrected chi connectivity index (χ0v) is 10.4. The molecule has 6 heteroatoms. The Kier molecular flexibility index (Phi) is 3.37. The van der Waals surface area contributed by atoms with E-state index in [0.717, 1.165) is 0 Å². The summed E-state index contributed by atoms with van der Waals surface area (Å²) in [5, 5.41) is 13.4. The van der Waals surface area contributed by atoms with Crippen LogP contribution in [-0.2, 0) is 20.8 Å². The van der Waals surface area contributed by atoms with E-state index in [1.165, 1.54) is 7.11 Å². The molecule has 2 amide bonds. The first-order chi connectivity index (χ1) is 8.99. The van der Waals surface area contributed by atoms with Crippen molar-refractivity contribution in [2.24, 2.45) is 0 Å². The van der Waals surface area contributed by atoms with E-state index in [0.29, 0.717) is 10.6 Å². The van der Waals surface area contributed by atoms with Crippen molar-refractivity contribution in [3.63, 3.8) is 0 Å². The van der Waals surface area contributed by atoms with Gasteiger partial charge in [0.05, 0.1) is 7.11 Å². The lowest BCUT2D eigenvalue weighted by Crippen LogP contribution is -2.66. The predicted molar refractivity (Wildman–Crippen MR) is 66.2 cm³/mol. The summed E-state index contributed by atoms with van der Waals surface area (Å²) >= 11 is 0. The number of amides is 2. The molecule has 1 atom stereocenters. The number of rotatable bonds is 3. The van der Waals surface area contributed by atoms with Gasteiger partial charge >= 0.3 is 0 Å². The minimum Gasteiger partial charge on any atom is -0.361 e. The Hall–Kier alpha value is -2.18. The Morgan fingerprint density at radius 2 is 2.00 bits per heavy atom. The number of piperazine rings is 1. The molecule has 0 saturated carbocycles. The van der Waals surface area contributed by atoms with Crippen molar-refractivity contribution in [2.75, 3.05) is 7.11 Å². The van der Waals surface area contributed by atoms with Crippen LogP contribution in [0.15, 0.2) is 42.6 Å². The second-order valence-electron chi connectivity index (χ2n) is 4.19. The highest BCUT2D eigenvalue weighted by molar-refractivity contribution is 6.04. The minimum absolute atomic E-state index is 0.0769. The quantitative estimate of drug-likeness (QED) is 0.749. The van der Waals surface area contributed by atoms with E-state index in [4.69, 9.17) is 4.84 Å². The fourth-order valence-electron chi connectivity index (χ4n) is 1.94. The predicted octanol–water partition coefficient (Wildman–Crippen LogP) is -0.0488. The van der Waals surface area contributed by atoms with Gasteiger partial charge in [0, 0.05) is 6.42 Å².